The van der Waals surface area contributed by atoms with Crippen molar-refractivity contribution in [3.63, 3.8) is 0 Å². The van der Waals surface area contributed by atoms with Gasteiger partial charge in [-0.3, -0.25) is 0 Å². The molecule has 1 heterocycles. The fourth-order valence-corrected chi connectivity index (χ4v) is 1.95. The van der Waals surface area contributed by atoms with Crippen LogP contribution in [0.3, 0.4) is 0 Å². The van der Waals surface area contributed by atoms with Crippen molar-refractivity contribution in [3.8, 4) is 5.75 Å². The van der Waals surface area contributed by atoms with E-state index in [0.717, 1.165) is 0 Å². The predicted octanol–water partition coefficient (Wildman–Crippen LogP) is 3.33. The Hall–Kier alpha value is -1.45. The first kappa shape index (κ1) is 12.0. The van der Waals surface area contributed by atoms with E-state index in [1.807, 2.05) is 0 Å². The quantitative estimate of drug-likeness (QED) is 0.911. The number of hydrogen-bond acceptors (Lipinski definition) is 3. The molecule has 1 aromatic carbocycles. The smallest absolute Gasteiger partial charge is 0.125 e. The molecule has 0 fully saturated rings. The Labute approximate surface area is 105 Å². The first-order valence-corrected chi connectivity index (χ1v) is 5.56. The average Bonchev–Trinajstić information content (AvgIpc) is 2.74. The van der Waals surface area contributed by atoms with Gasteiger partial charge in [0.25, 0.3) is 0 Å². The summed E-state index contributed by atoms with van der Waals surface area (Å²) in [6, 6.07) is 6.88. The number of methoxy groups -OCH3 is 1. The van der Waals surface area contributed by atoms with E-state index >= 15 is 0 Å². The highest BCUT2D eigenvalue weighted by atomic mass is 35.5. The Bertz CT molecular complexity index is 519. The summed E-state index contributed by atoms with van der Waals surface area (Å²) in [5.74, 6) is 1.28. The van der Waals surface area contributed by atoms with Gasteiger partial charge in [0.05, 0.1) is 13.4 Å². The number of aryl methyl sites for hydroxylation is 1. The highest BCUT2D eigenvalue weighted by Gasteiger charge is 2.19. The minimum Gasteiger partial charge on any atom is -0.496 e. The Kier molecular flexibility index (Phi) is 3.41. The van der Waals surface area contributed by atoms with E-state index in [4.69, 9.17) is 20.8 Å². The molecule has 3 nitrogen and oxygen atoms in total. The van der Waals surface area contributed by atoms with Gasteiger partial charge in [-0.15, -0.1) is 0 Å². The maximum absolute atomic E-state index is 10.3. The summed E-state index contributed by atoms with van der Waals surface area (Å²) in [4.78, 5) is 0. The summed E-state index contributed by atoms with van der Waals surface area (Å²) < 4.78 is 10.4. The van der Waals surface area contributed by atoms with Gasteiger partial charge in [0.1, 0.15) is 17.6 Å². The number of hydrogen-bond donors (Lipinski definition) is 1. The van der Waals surface area contributed by atoms with Gasteiger partial charge in [0, 0.05) is 16.1 Å². The molecule has 0 saturated carbocycles. The maximum atomic E-state index is 10.3. The summed E-state index contributed by atoms with van der Waals surface area (Å²) >= 11 is 5.93. The lowest BCUT2D eigenvalue weighted by Crippen LogP contribution is -2.02. The predicted molar refractivity (Wildman–Crippen MR) is 65.5 cm³/mol. The summed E-state index contributed by atoms with van der Waals surface area (Å²) in [5.41, 5.74) is 1.34. The minimum atomic E-state index is -0.803. The van der Waals surface area contributed by atoms with Crippen LogP contribution in [-0.2, 0) is 0 Å². The van der Waals surface area contributed by atoms with Gasteiger partial charge in [0.2, 0.25) is 0 Å². The van der Waals surface area contributed by atoms with E-state index in [1.165, 1.54) is 0 Å². The van der Waals surface area contributed by atoms with Crippen LogP contribution in [0.1, 0.15) is 23.0 Å². The first-order valence-electron chi connectivity index (χ1n) is 5.19. The van der Waals surface area contributed by atoms with Gasteiger partial charge in [0.15, 0.2) is 0 Å². The van der Waals surface area contributed by atoms with E-state index in [2.05, 4.69) is 0 Å². The van der Waals surface area contributed by atoms with Crippen LogP contribution in [0.15, 0.2) is 34.9 Å². The third kappa shape index (κ3) is 2.30. The number of aliphatic hydroxyl groups excluding tert-OH is 1. The van der Waals surface area contributed by atoms with Crippen LogP contribution in [0.25, 0.3) is 0 Å². The molecule has 1 N–H and O–H groups in total. The van der Waals surface area contributed by atoms with E-state index in [0.29, 0.717) is 27.7 Å². The molecule has 1 unspecified atom stereocenters. The van der Waals surface area contributed by atoms with Crippen molar-refractivity contribution >= 4 is 11.6 Å². The van der Waals surface area contributed by atoms with Crippen LogP contribution in [0.5, 0.6) is 5.75 Å². The maximum Gasteiger partial charge on any atom is 0.125 e. The third-order valence-electron chi connectivity index (χ3n) is 2.68. The molecule has 0 aliphatic rings. The highest BCUT2D eigenvalue weighted by Crippen LogP contribution is 2.33. The highest BCUT2D eigenvalue weighted by molar-refractivity contribution is 6.30. The van der Waals surface area contributed by atoms with E-state index < -0.39 is 6.10 Å². The first-order chi connectivity index (χ1) is 8.13. The zero-order valence-corrected chi connectivity index (χ0v) is 10.4. The average molecular weight is 253 g/mol. The van der Waals surface area contributed by atoms with Gasteiger partial charge in [-0.2, -0.15) is 0 Å². The standard InChI is InChI=1S/C13H13ClO3/c1-8-10(5-6-17-8)13(15)11-7-9(14)3-4-12(11)16-2/h3-7,13,15H,1-2H3. The fourth-order valence-electron chi connectivity index (χ4n) is 1.76. The van der Waals surface area contributed by atoms with E-state index in [9.17, 15) is 5.11 Å². The van der Waals surface area contributed by atoms with Crippen molar-refractivity contribution < 1.29 is 14.3 Å². The second-order valence-corrected chi connectivity index (χ2v) is 4.16. The summed E-state index contributed by atoms with van der Waals surface area (Å²) in [7, 11) is 1.56. The zero-order chi connectivity index (χ0) is 12.4. The molecule has 1 atom stereocenters. The normalized spacial score (nSPS) is 12.5. The van der Waals surface area contributed by atoms with Crippen molar-refractivity contribution in [2.24, 2.45) is 0 Å². The molecule has 4 heteroatoms. The molecule has 0 spiro atoms. The number of aliphatic hydroxyl groups is 1. The van der Waals surface area contributed by atoms with Crippen LogP contribution in [0.2, 0.25) is 5.02 Å². The molecule has 0 saturated heterocycles. The SMILES string of the molecule is COc1ccc(Cl)cc1C(O)c1ccoc1C. The largest absolute Gasteiger partial charge is 0.496 e. The van der Waals surface area contributed by atoms with Crippen LogP contribution >= 0.6 is 11.6 Å². The van der Waals surface area contributed by atoms with Gasteiger partial charge < -0.3 is 14.3 Å². The number of ether oxygens (including phenoxy) is 1. The van der Waals surface area contributed by atoms with Gasteiger partial charge in [-0.05, 0) is 31.2 Å². The van der Waals surface area contributed by atoms with Crippen molar-refractivity contribution in [1.29, 1.82) is 0 Å². The molecule has 17 heavy (non-hydrogen) atoms. The lowest BCUT2D eigenvalue weighted by Gasteiger charge is -2.14. The Morgan fingerprint density at radius 2 is 2.06 bits per heavy atom. The molecule has 0 radical (unpaired) electrons. The van der Waals surface area contributed by atoms with Gasteiger partial charge >= 0.3 is 0 Å². The van der Waals surface area contributed by atoms with E-state index in [-0.39, 0.29) is 0 Å². The second-order valence-electron chi connectivity index (χ2n) is 3.72. The van der Waals surface area contributed by atoms with Crippen molar-refractivity contribution in [1.82, 2.24) is 0 Å². The molecule has 0 aliphatic heterocycles. The summed E-state index contributed by atoms with van der Waals surface area (Å²) in [5, 5.41) is 10.9. The van der Waals surface area contributed by atoms with Crippen LogP contribution in [-0.4, -0.2) is 12.2 Å². The number of halogens is 1. The molecule has 0 aliphatic carbocycles. The summed E-state index contributed by atoms with van der Waals surface area (Å²) in [6.07, 6.45) is 0.743. The lowest BCUT2D eigenvalue weighted by molar-refractivity contribution is 0.212. The van der Waals surface area contributed by atoms with Crippen molar-refractivity contribution in [3.05, 3.63) is 52.4 Å². The van der Waals surface area contributed by atoms with E-state index in [1.54, 1.807) is 44.6 Å². The molecule has 0 bridgehead atoms. The van der Waals surface area contributed by atoms with Crippen LogP contribution in [0.4, 0.5) is 0 Å². The zero-order valence-electron chi connectivity index (χ0n) is 9.61. The third-order valence-corrected chi connectivity index (χ3v) is 2.91. The van der Waals surface area contributed by atoms with Crippen LogP contribution in [0, 0.1) is 6.92 Å². The molecular weight excluding hydrogens is 240 g/mol. The summed E-state index contributed by atoms with van der Waals surface area (Å²) in [6.45, 7) is 1.80. The Morgan fingerprint density at radius 1 is 1.29 bits per heavy atom. The fraction of sp³-hybridized carbons (Fsp3) is 0.231. The van der Waals surface area contributed by atoms with Gasteiger partial charge in [-0.25, -0.2) is 0 Å². The molecule has 90 valence electrons. The van der Waals surface area contributed by atoms with Crippen molar-refractivity contribution in [2.75, 3.05) is 7.11 Å². The molecule has 1 aromatic heterocycles. The monoisotopic (exact) mass is 252 g/mol. The molecule has 0 amide bonds. The molecular formula is C13H13ClO3. The van der Waals surface area contributed by atoms with Crippen molar-refractivity contribution in [2.45, 2.75) is 13.0 Å². The van der Waals surface area contributed by atoms with Gasteiger partial charge in [-0.1, -0.05) is 11.6 Å². The minimum absolute atomic E-state index is 0.556. The second kappa shape index (κ2) is 4.82. The number of furan rings is 1. The molecule has 2 aromatic rings. The Balaban J connectivity index is 2.46. The lowest BCUT2D eigenvalue weighted by atomic mass is 10.0. The Morgan fingerprint density at radius 3 is 2.65 bits per heavy atom. The number of rotatable bonds is 3. The topological polar surface area (TPSA) is 42.6 Å². The molecule has 2 rings (SSSR count). The number of benzene rings is 1. The van der Waals surface area contributed by atoms with Crippen LogP contribution < -0.4 is 4.74 Å².